The fourth-order valence-electron chi connectivity index (χ4n) is 1.69. The monoisotopic (exact) mass is 295 g/mol. The molecule has 2 aromatic rings. The number of aryl methyl sites for hydroxylation is 1. The summed E-state index contributed by atoms with van der Waals surface area (Å²) in [5, 5.41) is 10.1. The van der Waals surface area contributed by atoms with E-state index in [0.717, 1.165) is 21.2 Å². The molecule has 0 unspecified atom stereocenters. The van der Waals surface area contributed by atoms with Crippen molar-refractivity contribution in [2.75, 3.05) is 0 Å². The summed E-state index contributed by atoms with van der Waals surface area (Å²) in [7, 11) is 0. The van der Waals surface area contributed by atoms with E-state index in [1.807, 2.05) is 13.0 Å². The number of nitrogens with zero attached hydrogens (tertiary/aromatic N) is 1. The number of thiazole rings is 1. The first-order chi connectivity index (χ1) is 8.82. The van der Waals surface area contributed by atoms with Gasteiger partial charge >= 0.3 is 5.97 Å². The SMILES string of the molecule is CCc1nc(C(=O)O)c(-c2ccc(C(C)(C)C)s2)s1. The van der Waals surface area contributed by atoms with E-state index in [0.29, 0.717) is 0 Å². The second kappa shape index (κ2) is 5.06. The normalized spacial score (nSPS) is 11.8. The fraction of sp³-hybridized carbons (Fsp3) is 0.429. The maximum atomic E-state index is 11.3. The standard InChI is InChI=1S/C14H17NO2S2/c1-5-10-15-11(13(16)17)12(19-10)8-6-7-9(18-8)14(2,3)4/h6-7H,5H2,1-4H3,(H,16,17). The molecule has 0 spiro atoms. The lowest BCUT2D eigenvalue weighted by Crippen LogP contribution is -2.07. The van der Waals surface area contributed by atoms with Gasteiger partial charge in [0, 0.05) is 9.75 Å². The van der Waals surface area contributed by atoms with Gasteiger partial charge in [-0.15, -0.1) is 22.7 Å². The van der Waals surface area contributed by atoms with Gasteiger partial charge < -0.3 is 5.11 Å². The Bertz CT molecular complexity index is 605. The molecule has 2 aromatic heterocycles. The molecule has 0 saturated carbocycles. The molecule has 0 fully saturated rings. The Labute approximate surface area is 120 Å². The summed E-state index contributed by atoms with van der Waals surface area (Å²) >= 11 is 3.14. The Hall–Kier alpha value is -1.20. The van der Waals surface area contributed by atoms with Crippen LogP contribution in [0.4, 0.5) is 0 Å². The highest BCUT2D eigenvalue weighted by molar-refractivity contribution is 7.22. The molecule has 2 heterocycles. The van der Waals surface area contributed by atoms with E-state index in [2.05, 4.69) is 31.8 Å². The number of aromatic nitrogens is 1. The maximum absolute atomic E-state index is 11.3. The predicted molar refractivity (Wildman–Crippen MR) is 80.5 cm³/mol. The maximum Gasteiger partial charge on any atom is 0.356 e. The summed E-state index contributed by atoms with van der Waals surface area (Å²) < 4.78 is 0. The van der Waals surface area contributed by atoms with Crippen molar-refractivity contribution in [2.45, 2.75) is 39.5 Å². The average Bonchev–Trinajstić information content (AvgIpc) is 2.94. The molecule has 0 aliphatic carbocycles. The molecule has 5 heteroatoms. The minimum Gasteiger partial charge on any atom is -0.476 e. The zero-order chi connectivity index (χ0) is 14.2. The Morgan fingerprint density at radius 2 is 2.00 bits per heavy atom. The molecule has 0 aromatic carbocycles. The summed E-state index contributed by atoms with van der Waals surface area (Å²) in [5.41, 5.74) is 0.272. The third-order valence-electron chi connectivity index (χ3n) is 2.75. The molecule has 19 heavy (non-hydrogen) atoms. The molecule has 0 amide bonds. The van der Waals surface area contributed by atoms with Gasteiger partial charge in [0.05, 0.1) is 9.88 Å². The largest absolute Gasteiger partial charge is 0.476 e. The van der Waals surface area contributed by atoms with Crippen molar-refractivity contribution < 1.29 is 9.90 Å². The van der Waals surface area contributed by atoms with E-state index in [9.17, 15) is 9.90 Å². The fourth-order valence-corrected chi connectivity index (χ4v) is 3.86. The van der Waals surface area contributed by atoms with Gasteiger partial charge in [0.15, 0.2) is 5.69 Å². The van der Waals surface area contributed by atoms with E-state index in [1.54, 1.807) is 11.3 Å². The third-order valence-corrected chi connectivity index (χ3v) is 5.64. The first-order valence-electron chi connectivity index (χ1n) is 6.16. The predicted octanol–water partition coefficient (Wildman–Crippen LogP) is 4.43. The lowest BCUT2D eigenvalue weighted by atomic mass is 9.95. The number of carboxylic acid groups (broad SMARTS) is 1. The number of hydrogen-bond donors (Lipinski definition) is 1. The van der Waals surface area contributed by atoms with E-state index >= 15 is 0 Å². The van der Waals surface area contributed by atoms with Gasteiger partial charge in [0.2, 0.25) is 0 Å². The van der Waals surface area contributed by atoms with Crippen LogP contribution in [0.15, 0.2) is 12.1 Å². The van der Waals surface area contributed by atoms with Gasteiger partial charge in [-0.2, -0.15) is 0 Å². The Morgan fingerprint density at radius 1 is 1.32 bits per heavy atom. The number of thiophene rings is 1. The molecule has 0 radical (unpaired) electrons. The molecule has 1 N–H and O–H groups in total. The number of carbonyl (C=O) groups is 1. The highest BCUT2D eigenvalue weighted by Gasteiger charge is 2.22. The zero-order valence-electron chi connectivity index (χ0n) is 11.5. The quantitative estimate of drug-likeness (QED) is 0.911. The van der Waals surface area contributed by atoms with Crippen LogP contribution in [0.1, 0.15) is 48.1 Å². The Morgan fingerprint density at radius 3 is 2.47 bits per heavy atom. The van der Waals surface area contributed by atoms with Crippen molar-refractivity contribution in [2.24, 2.45) is 0 Å². The molecular weight excluding hydrogens is 278 g/mol. The summed E-state index contributed by atoms with van der Waals surface area (Å²) in [6.07, 6.45) is 0.766. The molecule has 0 saturated heterocycles. The minimum absolute atomic E-state index is 0.0879. The van der Waals surface area contributed by atoms with Crippen molar-refractivity contribution in [3.8, 4) is 9.75 Å². The summed E-state index contributed by atoms with van der Waals surface area (Å²) in [6.45, 7) is 8.46. The van der Waals surface area contributed by atoms with E-state index in [1.165, 1.54) is 16.2 Å². The van der Waals surface area contributed by atoms with Gasteiger partial charge in [-0.25, -0.2) is 9.78 Å². The number of carboxylic acids is 1. The smallest absolute Gasteiger partial charge is 0.356 e. The number of hydrogen-bond acceptors (Lipinski definition) is 4. The van der Waals surface area contributed by atoms with Gasteiger partial charge in [0.1, 0.15) is 0 Å². The van der Waals surface area contributed by atoms with E-state index in [-0.39, 0.29) is 11.1 Å². The molecule has 3 nitrogen and oxygen atoms in total. The lowest BCUT2D eigenvalue weighted by Gasteiger charge is -2.15. The molecule has 0 aliphatic rings. The lowest BCUT2D eigenvalue weighted by molar-refractivity contribution is 0.0692. The molecule has 0 bridgehead atoms. The van der Waals surface area contributed by atoms with E-state index < -0.39 is 5.97 Å². The van der Waals surface area contributed by atoms with Crippen molar-refractivity contribution in [3.63, 3.8) is 0 Å². The van der Waals surface area contributed by atoms with Crippen molar-refractivity contribution in [3.05, 3.63) is 27.7 Å². The van der Waals surface area contributed by atoms with Gasteiger partial charge in [-0.3, -0.25) is 0 Å². The van der Waals surface area contributed by atoms with Crippen LogP contribution in [0.2, 0.25) is 0 Å². The summed E-state index contributed by atoms with van der Waals surface area (Å²) in [5.74, 6) is -0.948. The first-order valence-corrected chi connectivity index (χ1v) is 7.80. The van der Waals surface area contributed by atoms with Crippen LogP contribution in [0, 0.1) is 0 Å². The van der Waals surface area contributed by atoms with Gasteiger partial charge in [0.25, 0.3) is 0 Å². The topological polar surface area (TPSA) is 50.2 Å². The minimum atomic E-state index is -0.948. The Balaban J connectivity index is 2.49. The number of rotatable bonds is 3. The number of aromatic carboxylic acids is 1. The van der Waals surface area contributed by atoms with Crippen LogP contribution < -0.4 is 0 Å². The van der Waals surface area contributed by atoms with Crippen molar-refractivity contribution >= 4 is 28.6 Å². The molecule has 0 aliphatic heterocycles. The van der Waals surface area contributed by atoms with Gasteiger partial charge in [-0.05, 0) is 24.0 Å². The van der Waals surface area contributed by atoms with Crippen molar-refractivity contribution in [1.29, 1.82) is 0 Å². The first kappa shape index (κ1) is 14.2. The highest BCUT2D eigenvalue weighted by Crippen LogP contribution is 2.39. The second-order valence-corrected chi connectivity index (χ2v) is 7.53. The molecule has 102 valence electrons. The van der Waals surface area contributed by atoms with Crippen molar-refractivity contribution in [1.82, 2.24) is 4.98 Å². The van der Waals surface area contributed by atoms with Crippen LogP contribution in [-0.4, -0.2) is 16.1 Å². The van der Waals surface area contributed by atoms with E-state index in [4.69, 9.17) is 0 Å². The van der Waals surface area contributed by atoms with Crippen LogP contribution in [-0.2, 0) is 11.8 Å². The van der Waals surface area contributed by atoms with Crippen LogP contribution in [0.25, 0.3) is 9.75 Å². The summed E-state index contributed by atoms with van der Waals surface area (Å²) in [4.78, 5) is 18.5. The average molecular weight is 295 g/mol. The second-order valence-electron chi connectivity index (χ2n) is 5.36. The van der Waals surface area contributed by atoms with Crippen LogP contribution >= 0.6 is 22.7 Å². The van der Waals surface area contributed by atoms with Crippen LogP contribution in [0.5, 0.6) is 0 Å². The molecular formula is C14H17NO2S2. The zero-order valence-corrected chi connectivity index (χ0v) is 13.1. The van der Waals surface area contributed by atoms with Gasteiger partial charge in [-0.1, -0.05) is 27.7 Å². The molecule has 2 rings (SSSR count). The summed E-state index contributed by atoms with van der Waals surface area (Å²) in [6, 6.07) is 4.08. The van der Waals surface area contributed by atoms with Crippen LogP contribution in [0.3, 0.4) is 0 Å². The molecule has 0 atom stereocenters. The third kappa shape index (κ3) is 2.87. The Kier molecular flexibility index (Phi) is 3.78. The highest BCUT2D eigenvalue weighted by atomic mass is 32.1.